The van der Waals surface area contributed by atoms with Gasteiger partial charge in [-0.1, -0.05) is 36.4 Å². The summed E-state index contributed by atoms with van der Waals surface area (Å²) in [5.74, 6) is 0. The number of benzene rings is 2. The van der Waals surface area contributed by atoms with E-state index in [-0.39, 0.29) is 6.54 Å². The number of nitrogens with one attached hydrogen (secondary N) is 1. The number of aromatic nitrogens is 2. The molecule has 0 saturated carbocycles. The molecule has 170 valence electrons. The van der Waals surface area contributed by atoms with Crippen molar-refractivity contribution in [3.05, 3.63) is 101 Å². The van der Waals surface area contributed by atoms with E-state index in [9.17, 15) is 13.7 Å². The first-order valence-electron chi connectivity index (χ1n) is 10.8. The van der Waals surface area contributed by atoms with Crippen LogP contribution >= 0.6 is 11.3 Å². The zero-order chi connectivity index (χ0) is 23.5. The van der Waals surface area contributed by atoms with E-state index in [0.717, 1.165) is 22.5 Å². The van der Waals surface area contributed by atoms with Gasteiger partial charge < -0.3 is 4.98 Å². The predicted molar refractivity (Wildman–Crippen MR) is 130 cm³/mol. The van der Waals surface area contributed by atoms with Gasteiger partial charge in [0.25, 0.3) is 10.0 Å². The second kappa shape index (κ2) is 9.35. The summed E-state index contributed by atoms with van der Waals surface area (Å²) in [4.78, 5) is 7.26. The lowest BCUT2D eigenvalue weighted by Gasteiger charge is -2.25. The smallest absolute Gasteiger partial charge is 0.253 e. The minimum atomic E-state index is -3.77. The van der Waals surface area contributed by atoms with Gasteiger partial charge in [0.2, 0.25) is 5.69 Å². The van der Waals surface area contributed by atoms with Gasteiger partial charge in [-0.2, -0.15) is 14.1 Å². The fourth-order valence-electron chi connectivity index (χ4n) is 4.20. The maximum atomic E-state index is 13.8. The lowest BCUT2D eigenvalue weighted by Crippen LogP contribution is -2.42. The van der Waals surface area contributed by atoms with Crippen molar-refractivity contribution < 1.29 is 13.0 Å². The Kier molecular flexibility index (Phi) is 6.11. The Hall–Kier alpha value is -3.58. The average molecular weight is 489 g/mol. The Labute approximate surface area is 202 Å². The molecular formula is C25H22N5O2S2+. The Morgan fingerprint density at radius 3 is 2.74 bits per heavy atom. The van der Waals surface area contributed by atoms with Crippen molar-refractivity contribution in [3.63, 3.8) is 0 Å². The molecule has 2 aromatic carbocycles. The second-order valence-corrected chi connectivity index (χ2v) is 11.1. The number of aromatic amines is 1. The molecule has 4 aromatic rings. The molecule has 34 heavy (non-hydrogen) atoms. The van der Waals surface area contributed by atoms with E-state index in [4.69, 9.17) is 0 Å². The number of imidazole rings is 1. The van der Waals surface area contributed by atoms with Gasteiger partial charge in [-0.25, -0.2) is 13.4 Å². The van der Waals surface area contributed by atoms with Crippen molar-refractivity contribution in [2.24, 2.45) is 0 Å². The lowest BCUT2D eigenvalue weighted by molar-refractivity contribution is -0.455. The van der Waals surface area contributed by atoms with Gasteiger partial charge in [0, 0.05) is 18.2 Å². The molecule has 5 rings (SSSR count). The van der Waals surface area contributed by atoms with Crippen LogP contribution in [0.4, 0.5) is 5.69 Å². The van der Waals surface area contributed by atoms with Gasteiger partial charge in [-0.3, -0.25) is 0 Å². The fraction of sp³-hybridized carbons (Fsp3) is 0.160. The fourth-order valence-corrected chi connectivity index (χ4v) is 6.87. The summed E-state index contributed by atoms with van der Waals surface area (Å²) in [5.41, 5.74) is 4.09. The van der Waals surface area contributed by atoms with Crippen LogP contribution in [0.1, 0.15) is 22.4 Å². The molecule has 1 aliphatic rings. The van der Waals surface area contributed by atoms with Gasteiger partial charge in [-0.15, -0.1) is 11.3 Å². The molecule has 0 unspecified atom stereocenters. The van der Waals surface area contributed by atoms with Gasteiger partial charge >= 0.3 is 0 Å². The van der Waals surface area contributed by atoms with Gasteiger partial charge in [0.1, 0.15) is 15.9 Å². The Balaban J connectivity index is 1.67. The van der Waals surface area contributed by atoms with Crippen molar-refractivity contribution in [2.45, 2.75) is 29.8 Å². The molecule has 0 fully saturated rings. The quantitative estimate of drug-likeness (QED) is 0.414. The zero-order valence-electron chi connectivity index (χ0n) is 18.2. The summed E-state index contributed by atoms with van der Waals surface area (Å²) in [7, 11) is -3.77. The van der Waals surface area contributed by atoms with Crippen LogP contribution in [0.25, 0.3) is 0 Å². The summed E-state index contributed by atoms with van der Waals surface area (Å²) < 4.78 is 31.5. The third-order valence-electron chi connectivity index (χ3n) is 5.81. The van der Waals surface area contributed by atoms with Crippen molar-refractivity contribution >= 4 is 33.3 Å². The van der Waals surface area contributed by atoms with E-state index >= 15 is 0 Å². The number of rotatable bonds is 6. The van der Waals surface area contributed by atoms with Crippen LogP contribution < -0.4 is 0 Å². The summed E-state index contributed by atoms with van der Waals surface area (Å²) in [6.07, 6.45) is 5.89. The Morgan fingerprint density at radius 2 is 2.03 bits per heavy atom. The van der Waals surface area contributed by atoms with E-state index in [1.807, 2.05) is 42.6 Å². The second-order valence-electron chi connectivity index (χ2n) is 8.05. The maximum Gasteiger partial charge on any atom is 0.253 e. The minimum Gasteiger partial charge on any atom is -0.343 e. The third kappa shape index (κ3) is 4.43. The molecule has 0 spiro atoms. The summed E-state index contributed by atoms with van der Waals surface area (Å²) >= 11 is 1.21. The monoisotopic (exact) mass is 488 g/mol. The summed E-state index contributed by atoms with van der Waals surface area (Å²) in [6.45, 7) is 0.662. The number of nitriles is 1. The van der Waals surface area contributed by atoms with Crippen molar-refractivity contribution in [1.29, 1.82) is 5.26 Å². The molecule has 0 radical (unpaired) electrons. The van der Waals surface area contributed by atoms with E-state index < -0.39 is 16.1 Å². The first-order valence-corrected chi connectivity index (χ1v) is 13.1. The average Bonchev–Trinajstić information content (AvgIpc) is 3.55. The molecule has 0 aliphatic carbocycles. The molecule has 1 N–H and O–H groups in total. The topological polar surface area (TPSA) is 92.9 Å². The summed E-state index contributed by atoms with van der Waals surface area (Å²) in [6, 6.07) is 20.5. The van der Waals surface area contributed by atoms with Crippen LogP contribution in [0, 0.1) is 11.3 Å². The Bertz CT molecular complexity index is 1460. The number of nitrogens with zero attached hydrogens (tertiary/aromatic N) is 4. The highest BCUT2D eigenvalue weighted by atomic mass is 32.2. The van der Waals surface area contributed by atoms with Crippen molar-refractivity contribution in [1.82, 2.24) is 14.3 Å². The molecule has 1 atom stereocenters. The first kappa shape index (κ1) is 22.2. The van der Waals surface area contributed by atoms with Crippen LogP contribution in [0.15, 0.2) is 82.8 Å². The minimum absolute atomic E-state index is 0.165. The van der Waals surface area contributed by atoms with Crippen LogP contribution in [-0.4, -0.2) is 39.5 Å². The van der Waals surface area contributed by atoms with Gasteiger partial charge in [-0.05, 0) is 35.6 Å². The number of H-pyrrole nitrogens is 1. The van der Waals surface area contributed by atoms with Crippen LogP contribution in [-0.2, 0) is 29.5 Å². The van der Waals surface area contributed by atoms with Gasteiger partial charge in [0.05, 0.1) is 24.2 Å². The number of fused-ring (bicyclic) bond motifs is 1. The van der Waals surface area contributed by atoms with E-state index in [2.05, 4.69) is 20.6 Å². The molecule has 9 heteroatoms. The van der Waals surface area contributed by atoms with E-state index in [1.165, 1.54) is 11.3 Å². The Morgan fingerprint density at radius 1 is 1.18 bits per heavy atom. The number of thiophene rings is 1. The number of hydrogen-bond acceptors (Lipinski definition) is 5. The molecule has 0 saturated heterocycles. The SMILES string of the molecule is N#Cc1ccc2c(c1)CN(S(=O)(=O)c1cccs1)[C@H](Cc1ccccc1)C=[N+]2Cc1cnc[nH]1. The highest BCUT2D eigenvalue weighted by molar-refractivity contribution is 7.91. The largest absolute Gasteiger partial charge is 0.343 e. The molecule has 7 nitrogen and oxygen atoms in total. The first-order chi connectivity index (χ1) is 16.5. The predicted octanol–water partition coefficient (Wildman–Crippen LogP) is 4.07. The highest BCUT2D eigenvalue weighted by Gasteiger charge is 2.38. The standard InChI is InChI=1S/C25H22N5O2S2/c26-13-20-8-9-24-21(11-20)15-30(34(31,32)25-7-4-10-33-25)23(12-19-5-2-1-3-6-19)17-29(24)16-22-14-27-18-28-22/h1-11,14,17-18,23H,12,15-16H2,(H,27,28)/q+1/t23-/m1/s1. The molecular weight excluding hydrogens is 466 g/mol. The van der Waals surface area contributed by atoms with Gasteiger partial charge in [0.15, 0.2) is 12.8 Å². The maximum absolute atomic E-state index is 13.8. The van der Waals surface area contributed by atoms with E-state index in [1.54, 1.807) is 46.5 Å². The molecule has 0 amide bonds. The van der Waals surface area contributed by atoms with Crippen LogP contribution in [0.3, 0.4) is 0 Å². The van der Waals surface area contributed by atoms with Crippen LogP contribution in [0.5, 0.6) is 0 Å². The molecule has 3 heterocycles. The third-order valence-corrected chi connectivity index (χ3v) is 9.05. The van der Waals surface area contributed by atoms with Crippen molar-refractivity contribution in [2.75, 3.05) is 0 Å². The number of hydrogen-bond donors (Lipinski definition) is 1. The lowest BCUT2D eigenvalue weighted by atomic mass is 10.1. The molecule has 0 bridgehead atoms. The van der Waals surface area contributed by atoms with Crippen LogP contribution in [0.2, 0.25) is 0 Å². The zero-order valence-corrected chi connectivity index (χ0v) is 19.8. The normalized spacial score (nSPS) is 16.3. The summed E-state index contributed by atoms with van der Waals surface area (Å²) in [5, 5.41) is 11.3. The van der Waals surface area contributed by atoms with Crippen molar-refractivity contribution in [3.8, 4) is 6.07 Å². The van der Waals surface area contributed by atoms with E-state index in [0.29, 0.717) is 22.7 Å². The molecule has 2 aromatic heterocycles. The number of sulfonamides is 1. The molecule has 1 aliphatic heterocycles. The highest BCUT2D eigenvalue weighted by Crippen LogP contribution is 2.32.